The summed E-state index contributed by atoms with van der Waals surface area (Å²) in [6.45, 7) is 0.516. The lowest BCUT2D eigenvalue weighted by atomic mass is 9.89. The summed E-state index contributed by atoms with van der Waals surface area (Å²) >= 11 is 0. The summed E-state index contributed by atoms with van der Waals surface area (Å²) in [6.07, 6.45) is 0.807. The molecule has 2 aromatic rings. The molecule has 0 spiro atoms. The summed E-state index contributed by atoms with van der Waals surface area (Å²) < 4.78 is 21.6. The van der Waals surface area contributed by atoms with Gasteiger partial charge in [-0.25, -0.2) is 0 Å². The maximum atomic E-state index is 10.3. The summed E-state index contributed by atoms with van der Waals surface area (Å²) in [5.41, 5.74) is 2.02. The maximum absolute atomic E-state index is 10.3. The van der Waals surface area contributed by atoms with Crippen molar-refractivity contribution in [2.75, 3.05) is 27.9 Å². The number of rotatable bonds is 4. The first kappa shape index (κ1) is 15.3. The second kappa shape index (κ2) is 6.28. The van der Waals surface area contributed by atoms with Gasteiger partial charge in [0.1, 0.15) is 11.5 Å². The largest absolute Gasteiger partial charge is 0.502 e. The Morgan fingerprint density at radius 2 is 1.87 bits per heavy atom. The van der Waals surface area contributed by atoms with E-state index in [1.807, 2.05) is 24.3 Å². The molecule has 1 aliphatic heterocycles. The van der Waals surface area contributed by atoms with Crippen molar-refractivity contribution in [2.45, 2.75) is 12.3 Å². The number of benzene rings is 2. The highest BCUT2D eigenvalue weighted by atomic mass is 16.5. The smallest absolute Gasteiger partial charge is 0.201 e. The van der Waals surface area contributed by atoms with Gasteiger partial charge in [-0.3, -0.25) is 0 Å². The van der Waals surface area contributed by atoms with Gasteiger partial charge in [0, 0.05) is 17.5 Å². The Morgan fingerprint density at radius 3 is 2.57 bits per heavy atom. The molecule has 1 aliphatic rings. The van der Waals surface area contributed by atoms with Crippen molar-refractivity contribution in [1.29, 1.82) is 0 Å². The van der Waals surface area contributed by atoms with Crippen molar-refractivity contribution in [3.63, 3.8) is 0 Å². The molecule has 5 nitrogen and oxygen atoms in total. The zero-order valence-electron chi connectivity index (χ0n) is 13.5. The lowest BCUT2D eigenvalue weighted by molar-refractivity contribution is 0.255. The molecule has 0 saturated heterocycles. The molecule has 23 heavy (non-hydrogen) atoms. The minimum Gasteiger partial charge on any atom is -0.502 e. The van der Waals surface area contributed by atoms with Crippen molar-refractivity contribution >= 4 is 0 Å². The monoisotopic (exact) mass is 316 g/mol. The van der Waals surface area contributed by atoms with Crippen LogP contribution in [-0.4, -0.2) is 33.0 Å². The van der Waals surface area contributed by atoms with Gasteiger partial charge in [0.15, 0.2) is 11.5 Å². The third kappa shape index (κ3) is 2.74. The molecule has 0 aliphatic carbocycles. The molecular formula is C18H20O5. The molecule has 0 fully saturated rings. The highest BCUT2D eigenvalue weighted by Gasteiger charge is 2.26. The SMILES string of the molecule is COc1ccc2c(c1)OCC(c1ccc(OC)c(O)c1OC)C2. The fourth-order valence-corrected chi connectivity index (χ4v) is 2.95. The van der Waals surface area contributed by atoms with Crippen LogP contribution in [0.25, 0.3) is 0 Å². The molecule has 1 heterocycles. The summed E-state index contributed by atoms with van der Waals surface area (Å²) in [6, 6.07) is 9.49. The molecule has 0 radical (unpaired) electrons. The van der Waals surface area contributed by atoms with Crippen molar-refractivity contribution in [1.82, 2.24) is 0 Å². The van der Waals surface area contributed by atoms with Crippen LogP contribution in [0.5, 0.6) is 28.7 Å². The predicted octanol–water partition coefficient (Wildman–Crippen LogP) is 3.14. The van der Waals surface area contributed by atoms with E-state index in [9.17, 15) is 5.11 Å². The van der Waals surface area contributed by atoms with Gasteiger partial charge in [0.05, 0.1) is 27.9 Å². The second-order valence-electron chi connectivity index (χ2n) is 5.42. The molecule has 2 aromatic carbocycles. The molecule has 5 heteroatoms. The van der Waals surface area contributed by atoms with Crippen LogP contribution in [0.15, 0.2) is 30.3 Å². The van der Waals surface area contributed by atoms with Crippen LogP contribution in [0.4, 0.5) is 0 Å². The first-order chi connectivity index (χ1) is 11.2. The lowest BCUT2D eigenvalue weighted by Crippen LogP contribution is -2.19. The van der Waals surface area contributed by atoms with Gasteiger partial charge in [-0.05, 0) is 24.1 Å². The highest BCUT2D eigenvalue weighted by molar-refractivity contribution is 5.56. The minimum absolute atomic E-state index is 0.0213. The lowest BCUT2D eigenvalue weighted by Gasteiger charge is -2.27. The third-order valence-corrected chi connectivity index (χ3v) is 4.17. The number of aromatic hydroxyl groups is 1. The summed E-state index contributed by atoms with van der Waals surface area (Å²) in [4.78, 5) is 0. The van der Waals surface area contributed by atoms with Crippen LogP contribution in [0.2, 0.25) is 0 Å². The van der Waals surface area contributed by atoms with E-state index in [2.05, 4.69) is 0 Å². The van der Waals surface area contributed by atoms with E-state index >= 15 is 0 Å². The van der Waals surface area contributed by atoms with Crippen LogP contribution in [-0.2, 0) is 6.42 Å². The van der Waals surface area contributed by atoms with Gasteiger partial charge in [-0.2, -0.15) is 0 Å². The quantitative estimate of drug-likeness (QED) is 0.939. The number of ether oxygens (including phenoxy) is 4. The molecule has 0 bridgehead atoms. The van der Waals surface area contributed by atoms with E-state index in [-0.39, 0.29) is 11.7 Å². The van der Waals surface area contributed by atoms with Crippen molar-refractivity contribution in [3.8, 4) is 28.7 Å². The normalized spacial score (nSPS) is 16.2. The fourth-order valence-electron chi connectivity index (χ4n) is 2.95. The Labute approximate surface area is 135 Å². The van der Waals surface area contributed by atoms with Crippen LogP contribution < -0.4 is 18.9 Å². The average molecular weight is 316 g/mol. The molecule has 3 rings (SSSR count). The Bertz CT molecular complexity index is 711. The molecular weight excluding hydrogens is 296 g/mol. The Kier molecular flexibility index (Phi) is 4.19. The molecule has 122 valence electrons. The van der Waals surface area contributed by atoms with Gasteiger partial charge >= 0.3 is 0 Å². The van der Waals surface area contributed by atoms with Crippen LogP contribution in [0.3, 0.4) is 0 Å². The van der Waals surface area contributed by atoms with Crippen molar-refractivity contribution < 1.29 is 24.1 Å². The standard InChI is InChI=1S/C18H20O5/c1-20-13-5-4-11-8-12(10-23-16(11)9-13)14-6-7-15(21-2)17(19)18(14)22-3/h4-7,9,12,19H,8,10H2,1-3H3. The first-order valence-electron chi connectivity index (χ1n) is 7.41. The van der Waals surface area contributed by atoms with E-state index in [0.29, 0.717) is 18.1 Å². The summed E-state index contributed by atoms with van der Waals surface area (Å²) in [5.74, 6) is 2.58. The Balaban J connectivity index is 1.93. The van der Waals surface area contributed by atoms with E-state index in [1.165, 1.54) is 7.11 Å². The highest BCUT2D eigenvalue weighted by Crippen LogP contribution is 2.44. The van der Waals surface area contributed by atoms with E-state index < -0.39 is 0 Å². The molecule has 1 N–H and O–H groups in total. The maximum Gasteiger partial charge on any atom is 0.201 e. The third-order valence-electron chi connectivity index (χ3n) is 4.17. The van der Waals surface area contributed by atoms with E-state index in [4.69, 9.17) is 18.9 Å². The number of hydrogen-bond donors (Lipinski definition) is 1. The minimum atomic E-state index is 0.0213. The van der Waals surface area contributed by atoms with Crippen molar-refractivity contribution in [2.24, 2.45) is 0 Å². The number of hydrogen-bond acceptors (Lipinski definition) is 5. The van der Waals surface area contributed by atoms with Gasteiger partial charge in [0.25, 0.3) is 0 Å². The number of methoxy groups -OCH3 is 3. The van der Waals surface area contributed by atoms with Gasteiger partial charge in [-0.1, -0.05) is 12.1 Å². The number of fused-ring (bicyclic) bond motifs is 1. The molecule has 1 unspecified atom stereocenters. The topological polar surface area (TPSA) is 57.2 Å². The predicted molar refractivity (Wildman–Crippen MR) is 86.1 cm³/mol. The van der Waals surface area contributed by atoms with Crippen molar-refractivity contribution in [3.05, 3.63) is 41.5 Å². The zero-order valence-corrected chi connectivity index (χ0v) is 13.5. The van der Waals surface area contributed by atoms with Crippen LogP contribution in [0, 0.1) is 0 Å². The van der Waals surface area contributed by atoms with Crippen LogP contribution in [0.1, 0.15) is 17.0 Å². The van der Waals surface area contributed by atoms with Gasteiger partial charge in [0.2, 0.25) is 5.75 Å². The van der Waals surface area contributed by atoms with Gasteiger partial charge in [-0.15, -0.1) is 0 Å². The second-order valence-corrected chi connectivity index (χ2v) is 5.42. The fraction of sp³-hybridized carbons (Fsp3) is 0.333. The number of phenolic OH excluding ortho intramolecular Hbond substituents is 1. The zero-order chi connectivity index (χ0) is 16.4. The Morgan fingerprint density at radius 1 is 1.04 bits per heavy atom. The average Bonchev–Trinajstić information content (AvgIpc) is 2.60. The summed E-state index contributed by atoms with van der Waals surface area (Å²) in [7, 11) is 4.69. The van der Waals surface area contributed by atoms with E-state index in [0.717, 1.165) is 29.0 Å². The molecule has 0 saturated carbocycles. The van der Waals surface area contributed by atoms with Gasteiger partial charge < -0.3 is 24.1 Å². The molecule has 1 atom stereocenters. The Hall–Kier alpha value is -2.56. The molecule has 0 aromatic heterocycles. The molecule has 0 amide bonds. The first-order valence-corrected chi connectivity index (χ1v) is 7.41. The summed E-state index contributed by atoms with van der Waals surface area (Å²) in [5, 5.41) is 10.3. The van der Waals surface area contributed by atoms with Crippen LogP contribution >= 0.6 is 0 Å². The number of phenols is 1. The van der Waals surface area contributed by atoms with E-state index in [1.54, 1.807) is 20.3 Å².